The SMILES string of the molecule is CCOC(=O)c1c(NC(=O)CNc2ccccc2)sc2c1CCC(C)C2. The van der Waals surface area contributed by atoms with E-state index in [9.17, 15) is 9.59 Å². The molecule has 1 aromatic carbocycles. The highest BCUT2D eigenvalue weighted by Crippen LogP contribution is 2.40. The van der Waals surface area contributed by atoms with Gasteiger partial charge in [0.15, 0.2) is 0 Å². The largest absolute Gasteiger partial charge is 0.462 e. The molecule has 0 saturated heterocycles. The summed E-state index contributed by atoms with van der Waals surface area (Å²) in [6, 6.07) is 9.56. The molecule has 1 atom stereocenters. The third kappa shape index (κ3) is 4.25. The zero-order valence-corrected chi connectivity index (χ0v) is 15.9. The van der Waals surface area contributed by atoms with Gasteiger partial charge in [-0.3, -0.25) is 4.79 Å². The molecule has 3 rings (SSSR count). The molecule has 5 nitrogen and oxygen atoms in total. The summed E-state index contributed by atoms with van der Waals surface area (Å²) in [6.07, 6.45) is 2.86. The fraction of sp³-hybridized carbons (Fsp3) is 0.400. The van der Waals surface area contributed by atoms with Gasteiger partial charge in [-0.1, -0.05) is 25.1 Å². The number of carbonyl (C=O) groups excluding carboxylic acids is 2. The van der Waals surface area contributed by atoms with Crippen molar-refractivity contribution in [2.75, 3.05) is 23.8 Å². The summed E-state index contributed by atoms with van der Waals surface area (Å²) in [5.41, 5.74) is 2.48. The number of hydrogen-bond donors (Lipinski definition) is 2. The minimum absolute atomic E-state index is 0.144. The Morgan fingerprint density at radius 1 is 1.27 bits per heavy atom. The van der Waals surface area contributed by atoms with Crippen LogP contribution in [-0.2, 0) is 22.4 Å². The first-order chi connectivity index (χ1) is 12.6. The Kier molecular flexibility index (Phi) is 5.93. The molecule has 1 amide bonds. The van der Waals surface area contributed by atoms with Crippen molar-refractivity contribution in [3.8, 4) is 0 Å². The second-order valence-electron chi connectivity index (χ2n) is 6.54. The Morgan fingerprint density at radius 2 is 2.04 bits per heavy atom. The summed E-state index contributed by atoms with van der Waals surface area (Å²) < 4.78 is 5.23. The molecular weight excluding hydrogens is 348 g/mol. The van der Waals surface area contributed by atoms with Gasteiger partial charge >= 0.3 is 5.97 Å². The van der Waals surface area contributed by atoms with Crippen LogP contribution in [-0.4, -0.2) is 25.0 Å². The van der Waals surface area contributed by atoms with Gasteiger partial charge in [0, 0.05) is 10.6 Å². The number of rotatable bonds is 6. The smallest absolute Gasteiger partial charge is 0.341 e. The Bertz CT molecular complexity index is 786. The molecule has 138 valence electrons. The maximum Gasteiger partial charge on any atom is 0.341 e. The van der Waals surface area contributed by atoms with Crippen LogP contribution in [0.25, 0.3) is 0 Å². The highest BCUT2D eigenvalue weighted by Gasteiger charge is 2.29. The lowest BCUT2D eigenvalue weighted by molar-refractivity contribution is -0.114. The van der Waals surface area contributed by atoms with E-state index in [1.807, 2.05) is 30.3 Å². The molecule has 2 aromatic rings. The number of ether oxygens (including phenoxy) is 1. The van der Waals surface area contributed by atoms with Crippen LogP contribution in [0.2, 0.25) is 0 Å². The van der Waals surface area contributed by atoms with Crippen molar-refractivity contribution >= 4 is 33.9 Å². The van der Waals surface area contributed by atoms with Gasteiger partial charge in [-0.2, -0.15) is 0 Å². The van der Waals surface area contributed by atoms with Gasteiger partial charge in [-0.25, -0.2) is 4.79 Å². The van der Waals surface area contributed by atoms with Crippen LogP contribution in [0.15, 0.2) is 30.3 Å². The van der Waals surface area contributed by atoms with E-state index in [1.165, 1.54) is 16.2 Å². The number of benzene rings is 1. The quantitative estimate of drug-likeness (QED) is 0.749. The number of fused-ring (bicyclic) bond motifs is 1. The van der Waals surface area contributed by atoms with E-state index in [4.69, 9.17) is 4.74 Å². The van der Waals surface area contributed by atoms with Crippen LogP contribution < -0.4 is 10.6 Å². The molecule has 0 spiro atoms. The summed E-state index contributed by atoms with van der Waals surface area (Å²) in [5.74, 6) is 0.0800. The van der Waals surface area contributed by atoms with Gasteiger partial charge in [0.05, 0.1) is 18.7 Å². The number of esters is 1. The molecule has 0 aliphatic heterocycles. The van der Waals surface area contributed by atoms with E-state index < -0.39 is 0 Å². The van der Waals surface area contributed by atoms with Crippen molar-refractivity contribution in [2.45, 2.75) is 33.1 Å². The fourth-order valence-electron chi connectivity index (χ4n) is 3.17. The number of thiophene rings is 1. The molecule has 0 bridgehead atoms. The molecule has 26 heavy (non-hydrogen) atoms. The number of amides is 1. The van der Waals surface area contributed by atoms with Crippen LogP contribution in [0.5, 0.6) is 0 Å². The van der Waals surface area contributed by atoms with Gasteiger partial charge in [0.25, 0.3) is 0 Å². The molecular formula is C20H24N2O3S. The molecule has 1 aromatic heterocycles. The van der Waals surface area contributed by atoms with E-state index >= 15 is 0 Å². The number of para-hydroxylation sites is 1. The molecule has 1 aliphatic rings. The summed E-state index contributed by atoms with van der Waals surface area (Å²) in [4.78, 5) is 26.0. The van der Waals surface area contributed by atoms with E-state index in [0.29, 0.717) is 23.1 Å². The fourth-order valence-corrected chi connectivity index (χ4v) is 4.58. The first-order valence-corrected chi connectivity index (χ1v) is 9.80. The number of anilines is 2. The van der Waals surface area contributed by atoms with E-state index in [2.05, 4.69) is 17.6 Å². The maximum atomic E-state index is 12.5. The summed E-state index contributed by atoms with van der Waals surface area (Å²) in [7, 11) is 0. The summed E-state index contributed by atoms with van der Waals surface area (Å²) in [5, 5.41) is 6.61. The summed E-state index contributed by atoms with van der Waals surface area (Å²) in [6.45, 7) is 4.48. The second kappa shape index (κ2) is 8.36. The van der Waals surface area contributed by atoms with Crippen molar-refractivity contribution < 1.29 is 14.3 Å². The highest BCUT2D eigenvalue weighted by atomic mass is 32.1. The number of nitrogens with one attached hydrogen (secondary N) is 2. The minimum atomic E-state index is -0.342. The Balaban J connectivity index is 1.75. The van der Waals surface area contributed by atoms with Crippen LogP contribution in [0.1, 0.15) is 41.1 Å². The Labute approximate surface area is 157 Å². The molecule has 6 heteroatoms. The van der Waals surface area contributed by atoms with Gasteiger partial charge in [0.2, 0.25) is 5.91 Å². The van der Waals surface area contributed by atoms with Crippen molar-refractivity contribution in [3.05, 3.63) is 46.3 Å². The van der Waals surface area contributed by atoms with Gasteiger partial charge < -0.3 is 15.4 Å². The molecule has 1 heterocycles. The predicted molar refractivity (Wildman–Crippen MR) is 105 cm³/mol. The lowest BCUT2D eigenvalue weighted by Gasteiger charge is -2.18. The van der Waals surface area contributed by atoms with Crippen molar-refractivity contribution in [1.82, 2.24) is 0 Å². The average molecular weight is 372 g/mol. The van der Waals surface area contributed by atoms with Crippen LogP contribution in [0.4, 0.5) is 10.7 Å². The molecule has 1 aliphatic carbocycles. The first kappa shape index (κ1) is 18.5. The molecule has 0 fully saturated rings. The van der Waals surface area contributed by atoms with Crippen molar-refractivity contribution in [3.63, 3.8) is 0 Å². The zero-order valence-electron chi connectivity index (χ0n) is 15.1. The maximum absolute atomic E-state index is 12.5. The summed E-state index contributed by atoms with van der Waals surface area (Å²) >= 11 is 1.51. The predicted octanol–water partition coefficient (Wildman–Crippen LogP) is 4.10. The Hall–Kier alpha value is -2.34. The normalized spacial score (nSPS) is 15.8. The van der Waals surface area contributed by atoms with E-state index in [-0.39, 0.29) is 18.4 Å². The topological polar surface area (TPSA) is 67.4 Å². The van der Waals surface area contributed by atoms with Crippen LogP contribution >= 0.6 is 11.3 Å². The van der Waals surface area contributed by atoms with Crippen LogP contribution in [0.3, 0.4) is 0 Å². The molecule has 0 radical (unpaired) electrons. The monoisotopic (exact) mass is 372 g/mol. The highest BCUT2D eigenvalue weighted by molar-refractivity contribution is 7.17. The molecule has 0 saturated carbocycles. The molecule has 1 unspecified atom stereocenters. The first-order valence-electron chi connectivity index (χ1n) is 8.99. The van der Waals surface area contributed by atoms with Crippen LogP contribution in [0, 0.1) is 5.92 Å². The second-order valence-corrected chi connectivity index (χ2v) is 7.65. The molecule has 2 N–H and O–H groups in total. The number of carbonyl (C=O) groups is 2. The van der Waals surface area contributed by atoms with Gasteiger partial charge in [-0.05, 0) is 49.8 Å². The Morgan fingerprint density at radius 3 is 2.77 bits per heavy atom. The van der Waals surface area contributed by atoms with Gasteiger partial charge in [-0.15, -0.1) is 11.3 Å². The minimum Gasteiger partial charge on any atom is -0.462 e. The average Bonchev–Trinajstić information content (AvgIpc) is 2.98. The van der Waals surface area contributed by atoms with Crippen molar-refractivity contribution in [1.29, 1.82) is 0 Å². The third-order valence-corrected chi connectivity index (χ3v) is 5.64. The van der Waals surface area contributed by atoms with E-state index in [0.717, 1.165) is 30.5 Å². The standard InChI is InChI=1S/C20H24N2O3S/c1-3-25-20(24)18-15-10-9-13(2)11-16(15)26-19(18)22-17(23)12-21-14-7-5-4-6-8-14/h4-8,13,21H,3,9-12H2,1-2H3,(H,22,23). The van der Waals surface area contributed by atoms with E-state index in [1.54, 1.807) is 6.92 Å². The zero-order chi connectivity index (χ0) is 18.5. The lowest BCUT2D eigenvalue weighted by atomic mass is 9.88. The lowest BCUT2D eigenvalue weighted by Crippen LogP contribution is -2.22. The van der Waals surface area contributed by atoms with Crippen molar-refractivity contribution in [2.24, 2.45) is 5.92 Å². The number of hydrogen-bond acceptors (Lipinski definition) is 5. The van der Waals surface area contributed by atoms with Gasteiger partial charge in [0.1, 0.15) is 5.00 Å². The third-order valence-electron chi connectivity index (χ3n) is 4.47.